The maximum Gasteiger partial charge on any atom is 0.246 e. The maximum absolute atomic E-state index is 12.7. The normalized spacial score (nSPS) is 14.9. The van der Waals surface area contributed by atoms with Crippen molar-refractivity contribution in [1.29, 1.82) is 0 Å². The van der Waals surface area contributed by atoms with Crippen LogP contribution in [0.15, 0.2) is 66.7 Å². The average molecular weight is 359 g/mol. The number of hydrogen-bond donors (Lipinski definition) is 2. The van der Waals surface area contributed by atoms with Crippen molar-refractivity contribution >= 4 is 33.7 Å². The Morgan fingerprint density at radius 2 is 1.63 bits per heavy atom. The van der Waals surface area contributed by atoms with Gasteiger partial charge in [0.15, 0.2) is 0 Å². The van der Waals surface area contributed by atoms with Crippen LogP contribution < -0.4 is 15.5 Å². The molecule has 1 heterocycles. The molecule has 1 unspecified atom stereocenters. The van der Waals surface area contributed by atoms with Gasteiger partial charge in [0.1, 0.15) is 6.04 Å². The highest BCUT2D eigenvalue weighted by Crippen LogP contribution is 2.24. The second-order valence-electron chi connectivity index (χ2n) is 7.12. The summed E-state index contributed by atoms with van der Waals surface area (Å²) in [6.45, 7) is 4.15. The third-order valence-corrected chi connectivity index (χ3v) is 5.16. The molecule has 1 fully saturated rings. The van der Waals surface area contributed by atoms with Crippen LogP contribution in [-0.4, -0.2) is 25.0 Å². The number of benzene rings is 3. The lowest BCUT2D eigenvalue weighted by Gasteiger charge is -2.19. The fourth-order valence-corrected chi connectivity index (χ4v) is 3.63. The van der Waals surface area contributed by atoms with Gasteiger partial charge in [0.2, 0.25) is 5.91 Å². The first-order valence-corrected chi connectivity index (χ1v) is 9.61. The van der Waals surface area contributed by atoms with Crippen LogP contribution in [0.4, 0.5) is 17.1 Å². The first-order valence-electron chi connectivity index (χ1n) is 9.61. The van der Waals surface area contributed by atoms with Gasteiger partial charge in [0, 0.05) is 35.5 Å². The summed E-state index contributed by atoms with van der Waals surface area (Å²) in [5, 5.41) is 8.52. The Hall–Kier alpha value is -3.01. The summed E-state index contributed by atoms with van der Waals surface area (Å²) >= 11 is 0. The summed E-state index contributed by atoms with van der Waals surface area (Å²) in [6, 6.07) is 22.1. The van der Waals surface area contributed by atoms with Gasteiger partial charge in [-0.2, -0.15) is 0 Å². The van der Waals surface area contributed by atoms with E-state index < -0.39 is 0 Å². The van der Waals surface area contributed by atoms with E-state index in [2.05, 4.69) is 51.9 Å². The van der Waals surface area contributed by atoms with E-state index in [0.717, 1.165) is 35.2 Å². The quantitative estimate of drug-likeness (QED) is 0.682. The Kier molecular flexibility index (Phi) is 4.97. The van der Waals surface area contributed by atoms with E-state index >= 15 is 0 Å². The van der Waals surface area contributed by atoms with Crippen molar-refractivity contribution in [2.75, 3.05) is 28.6 Å². The van der Waals surface area contributed by atoms with Crippen LogP contribution >= 0.6 is 0 Å². The highest BCUT2D eigenvalue weighted by molar-refractivity contribution is 6.04. The van der Waals surface area contributed by atoms with Gasteiger partial charge in [0.25, 0.3) is 0 Å². The van der Waals surface area contributed by atoms with E-state index in [-0.39, 0.29) is 11.9 Å². The molecule has 0 bridgehead atoms. The van der Waals surface area contributed by atoms with Gasteiger partial charge in [-0.15, -0.1) is 0 Å². The second kappa shape index (κ2) is 7.70. The van der Waals surface area contributed by atoms with E-state index in [4.69, 9.17) is 0 Å². The minimum absolute atomic E-state index is 0.0463. The van der Waals surface area contributed by atoms with Gasteiger partial charge in [-0.3, -0.25) is 4.79 Å². The topological polar surface area (TPSA) is 44.4 Å². The molecule has 27 heavy (non-hydrogen) atoms. The molecule has 3 aromatic carbocycles. The SMILES string of the molecule is CC(Nc1ccc(N2CCCC2)cc1)C(=O)Nc1cccc2ccccc12. The molecule has 0 spiro atoms. The zero-order valence-corrected chi connectivity index (χ0v) is 15.6. The molecule has 1 aliphatic heterocycles. The summed E-state index contributed by atoms with van der Waals surface area (Å²) in [7, 11) is 0. The van der Waals surface area contributed by atoms with Crippen LogP contribution in [0.25, 0.3) is 10.8 Å². The second-order valence-corrected chi connectivity index (χ2v) is 7.12. The van der Waals surface area contributed by atoms with Crippen LogP contribution in [0.2, 0.25) is 0 Å². The molecule has 4 rings (SSSR count). The average Bonchev–Trinajstić information content (AvgIpc) is 3.23. The van der Waals surface area contributed by atoms with Crippen LogP contribution in [0.5, 0.6) is 0 Å². The monoisotopic (exact) mass is 359 g/mol. The van der Waals surface area contributed by atoms with E-state index in [1.54, 1.807) is 0 Å². The van der Waals surface area contributed by atoms with Gasteiger partial charge in [-0.25, -0.2) is 0 Å². The van der Waals surface area contributed by atoms with Crippen molar-refractivity contribution in [3.05, 3.63) is 66.7 Å². The van der Waals surface area contributed by atoms with Crippen LogP contribution in [0, 0.1) is 0 Å². The molecule has 0 aliphatic carbocycles. The van der Waals surface area contributed by atoms with E-state index in [9.17, 15) is 4.79 Å². The standard InChI is InChI=1S/C23H25N3O/c1-17(24-19-11-13-20(14-12-19)26-15-4-5-16-26)23(27)25-22-10-6-8-18-7-2-3-9-21(18)22/h2-3,6-14,17,24H,4-5,15-16H2,1H3,(H,25,27). The first-order chi connectivity index (χ1) is 13.2. The molecule has 1 atom stereocenters. The van der Waals surface area contributed by atoms with Crippen LogP contribution in [0.3, 0.4) is 0 Å². The minimum Gasteiger partial charge on any atom is -0.374 e. The van der Waals surface area contributed by atoms with Crippen molar-refractivity contribution in [1.82, 2.24) is 0 Å². The smallest absolute Gasteiger partial charge is 0.246 e. The number of nitrogens with one attached hydrogen (secondary N) is 2. The number of fused-ring (bicyclic) bond motifs is 1. The van der Waals surface area contributed by atoms with Gasteiger partial charge in [0.05, 0.1) is 0 Å². The lowest BCUT2D eigenvalue weighted by atomic mass is 10.1. The molecule has 4 heteroatoms. The molecular weight excluding hydrogens is 334 g/mol. The summed E-state index contributed by atoms with van der Waals surface area (Å²) < 4.78 is 0. The van der Waals surface area contributed by atoms with Crippen molar-refractivity contribution in [2.24, 2.45) is 0 Å². The van der Waals surface area contributed by atoms with E-state index in [0.29, 0.717) is 0 Å². The predicted octanol–water partition coefficient (Wildman–Crippen LogP) is 4.88. The Labute approximate surface area is 160 Å². The van der Waals surface area contributed by atoms with Crippen molar-refractivity contribution in [3.63, 3.8) is 0 Å². The Morgan fingerprint density at radius 3 is 2.41 bits per heavy atom. The molecule has 2 N–H and O–H groups in total. The summed E-state index contributed by atoms with van der Waals surface area (Å²) in [4.78, 5) is 15.1. The third-order valence-electron chi connectivity index (χ3n) is 5.16. The highest BCUT2D eigenvalue weighted by atomic mass is 16.2. The molecule has 138 valence electrons. The lowest BCUT2D eigenvalue weighted by Crippen LogP contribution is -2.31. The van der Waals surface area contributed by atoms with Gasteiger partial charge >= 0.3 is 0 Å². The number of nitrogens with zero attached hydrogens (tertiary/aromatic N) is 1. The molecule has 0 aromatic heterocycles. The van der Waals surface area contributed by atoms with Gasteiger partial charge in [-0.1, -0.05) is 36.4 Å². The molecule has 0 saturated carbocycles. The highest BCUT2D eigenvalue weighted by Gasteiger charge is 2.15. The van der Waals surface area contributed by atoms with E-state index in [1.165, 1.54) is 18.5 Å². The first kappa shape index (κ1) is 17.4. The third kappa shape index (κ3) is 3.90. The fourth-order valence-electron chi connectivity index (χ4n) is 3.63. The fraction of sp³-hybridized carbons (Fsp3) is 0.261. The van der Waals surface area contributed by atoms with Crippen LogP contribution in [-0.2, 0) is 4.79 Å². The van der Waals surface area contributed by atoms with Crippen molar-refractivity contribution in [3.8, 4) is 0 Å². The van der Waals surface area contributed by atoms with Crippen molar-refractivity contribution < 1.29 is 4.79 Å². The van der Waals surface area contributed by atoms with Crippen LogP contribution in [0.1, 0.15) is 19.8 Å². The number of hydrogen-bond acceptors (Lipinski definition) is 3. The Balaban J connectivity index is 1.41. The molecular formula is C23H25N3O. The molecule has 1 saturated heterocycles. The zero-order valence-electron chi connectivity index (χ0n) is 15.6. The van der Waals surface area contributed by atoms with Gasteiger partial charge in [-0.05, 0) is 55.5 Å². The van der Waals surface area contributed by atoms with Crippen molar-refractivity contribution in [2.45, 2.75) is 25.8 Å². The number of carbonyl (C=O) groups excluding carboxylic acids is 1. The number of amides is 1. The largest absolute Gasteiger partial charge is 0.374 e. The Bertz CT molecular complexity index is 925. The summed E-state index contributed by atoms with van der Waals surface area (Å²) in [5.41, 5.74) is 3.06. The predicted molar refractivity (Wildman–Crippen MR) is 114 cm³/mol. The number of carbonyl (C=O) groups is 1. The van der Waals surface area contributed by atoms with E-state index in [1.807, 2.05) is 37.3 Å². The molecule has 1 amide bonds. The maximum atomic E-state index is 12.7. The zero-order chi connectivity index (χ0) is 18.6. The summed E-state index contributed by atoms with van der Waals surface area (Å²) in [5.74, 6) is -0.0463. The minimum atomic E-state index is -0.332. The van der Waals surface area contributed by atoms with Gasteiger partial charge < -0.3 is 15.5 Å². The lowest BCUT2D eigenvalue weighted by molar-refractivity contribution is -0.116. The number of rotatable bonds is 5. The molecule has 4 nitrogen and oxygen atoms in total. The molecule has 3 aromatic rings. The summed E-state index contributed by atoms with van der Waals surface area (Å²) in [6.07, 6.45) is 2.54. The molecule has 1 aliphatic rings. The molecule has 0 radical (unpaired) electrons. The number of anilines is 3. The Morgan fingerprint density at radius 1 is 0.926 bits per heavy atom.